The van der Waals surface area contributed by atoms with Crippen molar-refractivity contribution in [2.75, 3.05) is 18.9 Å². The van der Waals surface area contributed by atoms with Gasteiger partial charge in [-0.3, -0.25) is 4.79 Å². The molecule has 1 amide bonds. The number of benzene rings is 2. The van der Waals surface area contributed by atoms with Crippen molar-refractivity contribution in [1.82, 2.24) is 4.90 Å². The maximum absolute atomic E-state index is 12.2. The summed E-state index contributed by atoms with van der Waals surface area (Å²) in [6, 6.07) is 13.8. The Hall–Kier alpha value is -2.00. The monoisotopic (exact) mass is 300 g/mol. The number of rotatable bonds is 3. The summed E-state index contributed by atoms with van der Waals surface area (Å²) in [4.78, 5) is 13.9. The number of nitrogens with one attached hydrogen (secondary N) is 1. The van der Waals surface area contributed by atoms with E-state index in [4.69, 9.17) is 11.6 Å². The number of hydrogen-bond donors (Lipinski definition) is 1. The Morgan fingerprint density at radius 3 is 2.71 bits per heavy atom. The van der Waals surface area contributed by atoms with Crippen LogP contribution in [0.3, 0.4) is 0 Å². The minimum Gasteiger partial charge on any atom is -0.381 e. The summed E-state index contributed by atoms with van der Waals surface area (Å²) in [6.45, 7) is 1.50. The lowest BCUT2D eigenvalue weighted by atomic mass is 9.98. The molecule has 3 rings (SSSR count). The molecule has 1 aliphatic heterocycles. The van der Waals surface area contributed by atoms with Crippen molar-refractivity contribution in [2.24, 2.45) is 0 Å². The van der Waals surface area contributed by atoms with Crippen LogP contribution in [0.15, 0.2) is 42.5 Å². The first-order valence-electron chi connectivity index (χ1n) is 7.00. The second-order valence-electron chi connectivity index (χ2n) is 5.33. The molecule has 0 aliphatic carbocycles. The van der Waals surface area contributed by atoms with Crippen LogP contribution in [-0.4, -0.2) is 24.4 Å². The molecule has 21 heavy (non-hydrogen) atoms. The smallest absolute Gasteiger partial charge is 0.253 e. The fourth-order valence-electron chi connectivity index (χ4n) is 2.51. The van der Waals surface area contributed by atoms with Crippen LogP contribution < -0.4 is 5.32 Å². The molecule has 108 valence electrons. The lowest BCUT2D eigenvalue weighted by Crippen LogP contribution is -2.34. The Kier molecular flexibility index (Phi) is 3.84. The molecule has 4 heteroatoms. The molecule has 2 aromatic rings. The molecule has 0 atom stereocenters. The third-order valence-corrected chi connectivity index (χ3v) is 4.07. The predicted octanol–water partition coefficient (Wildman–Crippen LogP) is 3.58. The SMILES string of the molecule is CN1CCc2ccc(NCc3ccc(Cl)cc3)cc2C1=O. The summed E-state index contributed by atoms with van der Waals surface area (Å²) in [7, 11) is 1.85. The van der Waals surface area contributed by atoms with Gasteiger partial charge in [-0.05, 0) is 41.8 Å². The first-order chi connectivity index (χ1) is 10.1. The zero-order valence-electron chi connectivity index (χ0n) is 11.9. The molecule has 0 bridgehead atoms. The van der Waals surface area contributed by atoms with Crippen molar-refractivity contribution in [1.29, 1.82) is 0 Å². The van der Waals surface area contributed by atoms with Gasteiger partial charge < -0.3 is 10.2 Å². The topological polar surface area (TPSA) is 32.3 Å². The van der Waals surface area contributed by atoms with Gasteiger partial charge in [0.25, 0.3) is 5.91 Å². The molecule has 3 nitrogen and oxygen atoms in total. The molecule has 1 aliphatic rings. The van der Waals surface area contributed by atoms with Crippen molar-refractivity contribution in [3.8, 4) is 0 Å². The average Bonchev–Trinajstić information content (AvgIpc) is 2.51. The van der Waals surface area contributed by atoms with E-state index < -0.39 is 0 Å². The van der Waals surface area contributed by atoms with E-state index in [-0.39, 0.29) is 5.91 Å². The van der Waals surface area contributed by atoms with Gasteiger partial charge in [-0.2, -0.15) is 0 Å². The lowest BCUT2D eigenvalue weighted by Gasteiger charge is -2.25. The molecule has 0 saturated heterocycles. The third kappa shape index (κ3) is 3.03. The quantitative estimate of drug-likeness (QED) is 0.939. The molecule has 1 heterocycles. The molecule has 0 spiro atoms. The Morgan fingerprint density at radius 1 is 1.19 bits per heavy atom. The number of nitrogens with zero attached hydrogens (tertiary/aromatic N) is 1. The van der Waals surface area contributed by atoms with Gasteiger partial charge in [0, 0.05) is 36.4 Å². The standard InChI is InChI=1S/C17H17ClN2O/c1-20-9-8-13-4-7-15(10-16(13)17(20)21)19-11-12-2-5-14(18)6-3-12/h2-7,10,19H,8-9,11H2,1H3. The third-order valence-electron chi connectivity index (χ3n) is 3.81. The fourth-order valence-corrected chi connectivity index (χ4v) is 2.63. The molecular weight excluding hydrogens is 284 g/mol. The van der Waals surface area contributed by atoms with E-state index in [9.17, 15) is 4.79 Å². The van der Waals surface area contributed by atoms with Gasteiger partial charge in [-0.25, -0.2) is 0 Å². The summed E-state index contributed by atoms with van der Waals surface area (Å²) in [5.74, 6) is 0.103. The first-order valence-corrected chi connectivity index (χ1v) is 7.38. The molecule has 2 aromatic carbocycles. The highest BCUT2D eigenvalue weighted by atomic mass is 35.5. The molecule has 0 unspecified atom stereocenters. The Bertz CT molecular complexity index is 667. The average molecular weight is 301 g/mol. The molecule has 0 saturated carbocycles. The van der Waals surface area contributed by atoms with Gasteiger partial charge in [0.15, 0.2) is 0 Å². The van der Waals surface area contributed by atoms with Crippen LogP contribution in [0.5, 0.6) is 0 Å². The summed E-state index contributed by atoms with van der Waals surface area (Å²) >= 11 is 5.88. The maximum atomic E-state index is 12.2. The normalized spacial score (nSPS) is 14.0. The van der Waals surface area contributed by atoms with Crippen LogP contribution in [0.25, 0.3) is 0 Å². The van der Waals surface area contributed by atoms with Gasteiger partial charge in [0.1, 0.15) is 0 Å². The number of carbonyl (C=O) groups is 1. The van der Waals surface area contributed by atoms with Crippen molar-refractivity contribution in [3.05, 3.63) is 64.2 Å². The number of carbonyl (C=O) groups excluding carboxylic acids is 1. The summed E-state index contributed by atoms with van der Waals surface area (Å²) in [5.41, 5.74) is 4.06. The highest BCUT2D eigenvalue weighted by molar-refractivity contribution is 6.30. The maximum Gasteiger partial charge on any atom is 0.253 e. The second kappa shape index (κ2) is 5.78. The van der Waals surface area contributed by atoms with E-state index in [1.165, 1.54) is 0 Å². The number of halogens is 1. The molecule has 0 radical (unpaired) electrons. The van der Waals surface area contributed by atoms with Crippen molar-refractivity contribution in [3.63, 3.8) is 0 Å². The summed E-state index contributed by atoms with van der Waals surface area (Å²) in [5, 5.41) is 4.09. The van der Waals surface area contributed by atoms with E-state index in [0.29, 0.717) is 6.54 Å². The van der Waals surface area contributed by atoms with E-state index in [2.05, 4.69) is 5.32 Å². The fraction of sp³-hybridized carbons (Fsp3) is 0.235. The van der Waals surface area contributed by atoms with Gasteiger partial charge in [-0.1, -0.05) is 29.8 Å². The number of likely N-dealkylation sites (N-methyl/N-ethyl adjacent to an activating group) is 1. The minimum absolute atomic E-state index is 0.103. The van der Waals surface area contributed by atoms with Crippen LogP contribution in [0.4, 0.5) is 5.69 Å². The van der Waals surface area contributed by atoms with Crippen LogP contribution in [0.2, 0.25) is 5.02 Å². The summed E-state index contributed by atoms with van der Waals surface area (Å²) < 4.78 is 0. The second-order valence-corrected chi connectivity index (χ2v) is 5.77. The van der Waals surface area contributed by atoms with Crippen molar-refractivity contribution in [2.45, 2.75) is 13.0 Å². The number of amides is 1. The predicted molar refractivity (Wildman–Crippen MR) is 85.9 cm³/mol. The van der Waals surface area contributed by atoms with Crippen molar-refractivity contribution >= 4 is 23.2 Å². The van der Waals surface area contributed by atoms with Crippen molar-refractivity contribution < 1.29 is 4.79 Å². The van der Waals surface area contributed by atoms with Crippen LogP contribution >= 0.6 is 11.6 Å². The number of fused-ring (bicyclic) bond motifs is 1. The Balaban J connectivity index is 1.75. The molecule has 0 fully saturated rings. The number of hydrogen-bond acceptors (Lipinski definition) is 2. The lowest BCUT2D eigenvalue weighted by molar-refractivity contribution is 0.0781. The van der Waals surface area contributed by atoms with Gasteiger partial charge >= 0.3 is 0 Å². The highest BCUT2D eigenvalue weighted by Crippen LogP contribution is 2.22. The van der Waals surface area contributed by atoms with Crippen LogP contribution in [0.1, 0.15) is 21.5 Å². The van der Waals surface area contributed by atoms with E-state index in [0.717, 1.165) is 40.4 Å². The van der Waals surface area contributed by atoms with Crippen LogP contribution in [0, 0.1) is 0 Å². The van der Waals surface area contributed by atoms with Crippen LogP contribution in [-0.2, 0) is 13.0 Å². The van der Waals surface area contributed by atoms with E-state index in [1.807, 2.05) is 49.5 Å². The van der Waals surface area contributed by atoms with E-state index >= 15 is 0 Å². The van der Waals surface area contributed by atoms with Gasteiger partial charge in [-0.15, -0.1) is 0 Å². The molecule has 1 N–H and O–H groups in total. The first kappa shape index (κ1) is 14.0. The zero-order chi connectivity index (χ0) is 14.8. The number of anilines is 1. The minimum atomic E-state index is 0.103. The Labute approximate surface area is 129 Å². The Morgan fingerprint density at radius 2 is 1.95 bits per heavy atom. The largest absolute Gasteiger partial charge is 0.381 e. The molecule has 0 aromatic heterocycles. The highest BCUT2D eigenvalue weighted by Gasteiger charge is 2.21. The molecular formula is C17H17ClN2O. The zero-order valence-corrected chi connectivity index (χ0v) is 12.7. The van der Waals surface area contributed by atoms with Gasteiger partial charge in [0.2, 0.25) is 0 Å². The van der Waals surface area contributed by atoms with E-state index in [1.54, 1.807) is 4.90 Å². The summed E-state index contributed by atoms with van der Waals surface area (Å²) in [6.07, 6.45) is 0.926. The van der Waals surface area contributed by atoms with Gasteiger partial charge in [0.05, 0.1) is 0 Å².